The predicted octanol–water partition coefficient (Wildman–Crippen LogP) is 2.05. The predicted molar refractivity (Wildman–Crippen MR) is 117 cm³/mol. The van der Waals surface area contributed by atoms with Crippen LogP contribution in [-0.4, -0.2) is 60.6 Å². The number of benzene rings is 2. The second-order valence-electron chi connectivity index (χ2n) is 7.89. The van der Waals surface area contributed by atoms with Crippen molar-refractivity contribution in [2.45, 2.75) is 18.6 Å². The van der Waals surface area contributed by atoms with Crippen LogP contribution in [0.4, 0.5) is 9.18 Å². The summed E-state index contributed by atoms with van der Waals surface area (Å²) in [4.78, 5) is 28.7. The smallest absolute Gasteiger partial charge is 0.318 e. The van der Waals surface area contributed by atoms with Gasteiger partial charge in [-0.25, -0.2) is 15.0 Å². The highest BCUT2D eigenvalue weighted by Crippen LogP contribution is 2.29. The molecule has 4 rings (SSSR count). The van der Waals surface area contributed by atoms with Crippen molar-refractivity contribution in [2.75, 3.05) is 32.8 Å². The molecule has 170 valence electrons. The third kappa shape index (κ3) is 4.86. The average Bonchev–Trinajstić information content (AvgIpc) is 2.76. The molecule has 2 aromatic rings. The van der Waals surface area contributed by atoms with Crippen molar-refractivity contribution in [3.63, 3.8) is 0 Å². The number of rotatable bonds is 5. The van der Waals surface area contributed by atoms with Crippen LogP contribution in [-0.2, 0) is 11.3 Å². The number of nitrogens with one attached hydrogen (secondary N) is 2. The number of ether oxygens (including phenoxy) is 1. The molecule has 8 nitrogen and oxygen atoms in total. The minimum atomic E-state index is -0.590. The summed E-state index contributed by atoms with van der Waals surface area (Å²) >= 11 is 6.20. The van der Waals surface area contributed by atoms with Gasteiger partial charge >= 0.3 is 6.03 Å². The van der Waals surface area contributed by atoms with Crippen molar-refractivity contribution in [3.05, 3.63) is 70.0 Å². The van der Waals surface area contributed by atoms with Crippen LogP contribution in [0.3, 0.4) is 0 Å². The molecule has 10 heteroatoms. The van der Waals surface area contributed by atoms with Crippen LogP contribution in [0.15, 0.2) is 42.5 Å². The zero-order valence-electron chi connectivity index (χ0n) is 17.4. The van der Waals surface area contributed by atoms with Gasteiger partial charge in [0.25, 0.3) is 5.91 Å². The Morgan fingerprint density at radius 1 is 1.19 bits per heavy atom. The van der Waals surface area contributed by atoms with Crippen molar-refractivity contribution < 1.29 is 18.7 Å². The van der Waals surface area contributed by atoms with E-state index in [2.05, 4.69) is 10.2 Å². The van der Waals surface area contributed by atoms with E-state index >= 15 is 0 Å². The summed E-state index contributed by atoms with van der Waals surface area (Å²) in [5.74, 6) is 3.91. The molecule has 3 amide bonds. The van der Waals surface area contributed by atoms with Crippen LogP contribution in [0.1, 0.15) is 27.5 Å². The van der Waals surface area contributed by atoms with Gasteiger partial charge in [-0.15, -0.1) is 0 Å². The lowest BCUT2D eigenvalue weighted by molar-refractivity contribution is -0.0820. The van der Waals surface area contributed by atoms with Gasteiger partial charge in [0, 0.05) is 42.3 Å². The van der Waals surface area contributed by atoms with E-state index in [9.17, 15) is 14.0 Å². The second kappa shape index (κ2) is 9.83. The van der Waals surface area contributed by atoms with Crippen molar-refractivity contribution >= 4 is 23.5 Å². The Labute approximate surface area is 190 Å². The molecule has 0 spiro atoms. The number of nitrogen functional groups attached to an aromatic ring is 1. The number of carbonyl (C=O) groups excluding carboxylic acids is 2. The minimum absolute atomic E-state index is 0.00582. The van der Waals surface area contributed by atoms with E-state index in [4.69, 9.17) is 22.2 Å². The number of hydrogen-bond acceptors (Lipinski definition) is 5. The van der Waals surface area contributed by atoms with E-state index in [1.807, 2.05) is 23.6 Å². The number of nitrogens with zero attached hydrogens (tertiary/aromatic N) is 2. The maximum Gasteiger partial charge on any atom is 0.318 e. The molecule has 32 heavy (non-hydrogen) atoms. The van der Waals surface area contributed by atoms with Gasteiger partial charge < -0.3 is 15.0 Å². The summed E-state index contributed by atoms with van der Waals surface area (Å²) < 4.78 is 19.7. The zero-order chi connectivity index (χ0) is 22.7. The van der Waals surface area contributed by atoms with E-state index in [0.717, 1.165) is 18.2 Å². The minimum Gasteiger partial charge on any atom is -0.378 e. The monoisotopic (exact) mass is 461 g/mol. The fraction of sp³-hybridized carbons (Fsp3) is 0.364. The third-order valence-corrected chi connectivity index (χ3v) is 6.15. The lowest BCUT2D eigenvalue weighted by atomic mass is 10.0. The van der Waals surface area contributed by atoms with Crippen LogP contribution < -0.4 is 16.6 Å². The van der Waals surface area contributed by atoms with Gasteiger partial charge in [-0.2, -0.15) is 0 Å². The topological polar surface area (TPSA) is 99.9 Å². The first kappa shape index (κ1) is 22.5. The van der Waals surface area contributed by atoms with Crippen molar-refractivity contribution in [3.8, 4) is 0 Å². The van der Waals surface area contributed by atoms with E-state index in [1.54, 1.807) is 11.0 Å². The molecule has 2 heterocycles. The van der Waals surface area contributed by atoms with E-state index < -0.39 is 11.7 Å². The molecule has 1 unspecified atom stereocenters. The third-order valence-electron chi connectivity index (χ3n) is 5.92. The maximum absolute atomic E-state index is 14.4. The number of hydrazine groups is 1. The maximum atomic E-state index is 14.4. The first-order valence-corrected chi connectivity index (χ1v) is 10.7. The van der Waals surface area contributed by atoms with E-state index in [0.29, 0.717) is 37.4 Å². The molecule has 1 atom stereocenters. The van der Waals surface area contributed by atoms with Gasteiger partial charge in [0.1, 0.15) is 5.82 Å². The number of hydrogen-bond donors (Lipinski definition) is 3. The van der Waals surface area contributed by atoms with Crippen LogP contribution in [0, 0.1) is 5.82 Å². The Morgan fingerprint density at radius 2 is 2.00 bits per heavy atom. The molecule has 2 aliphatic heterocycles. The number of carbonyl (C=O) groups is 2. The highest BCUT2D eigenvalue weighted by molar-refractivity contribution is 6.30. The Hall–Kier alpha value is -2.72. The lowest BCUT2D eigenvalue weighted by Gasteiger charge is -2.46. The summed E-state index contributed by atoms with van der Waals surface area (Å²) in [6, 6.07) is 11.4. The molecule has 2 fully saturated rings. The molecular weight excluding hydrogens is 437 g/mol. The van der Waals surface area contributed by atoms with E-state index in [-0.39, 0.29) is 29.7 Å². The van der Waals surface area contributed by atoms with Gasteiger partial charge in [-0.1, -0.05) is 29.8 Å². The van der Waals surface area contributed by atoms with Gasteiger partial charge in [0.05, 0.1) is 25.3 Å². The van der Waals surface area contributed by atoms with Crippen molar-refractivity contribution in [2.24, 2.45) is 5.84 Å². The van der Waals surface area contributed by atoms with Gasteiger partial charge in [-0.05, 0) is 29.8 Å². The molecule has 2 aliphatic rings. The van der Waals surface area contributed by atoms with Crippen molar-refractivity contribution in [1.29, 1.82) is 0 Å². The van der Waals surface area contributed by atoms with Gasteiger partial charge in [-0.3, -0.25) is 15.1 Å². The average molecular weight is 462 g/mol. The van der Waals surface area contributed by atoms with Gasteiger partial charge in [0.2, 0.25) is 0 Å². The van der Waals surface area contributed by atoms with Crippen LogP contribution >= 0.6 is 11.6 Å². The largest absolute Gasteiger partial charge is 0.378 e. The number of urea groups is 1. The van der Waals surface area contributed by atoms with Crippen LogP contribution in [0.5, 0.6) is 0 Å². The SMILES string of the molecule is NNC(=O)c1ccc(CNC(=O)N2CCN(C3COC3)CC2c2cccc(Cl)c2)c(F)c1. The van der Waals surface area contributed by atoms with Crippen LogP contribution in [0.25, 0.3) is 0 Å². The quantitative estimate of drug-likeness (QED) is 0.359. The Morgan fingerprint density at radius 3 is 2.66 bits per heavy atom. The number of halogens is 2. The normalized spacial score (nSPS) is 19.3. The number of amides is 3. The Kier molecular flexibility index (Phi) is 6.90. The van der Waals surface area contributed by atoms with Gasteiger partial charge in [0.15, 0.2) is 0 Å². The molecule has 0 aromatic heterocycles. The van der Waals surface area contributed by atoms with E-state index in [1.165, 1.54) is 12.1 Å². The summed E-state index contributed by atoms with van der Waals surface area (Å²) in [6.07, 6.45) is 0. The highest BCUT2D eigenvalue weighted by Gasteiger charge is 2.36. The fourth-order valence-corrected chi connectivity index (χ4v) is 4.20. The molecule has 4 N–H and O–H groups in total. The Balaban J connectivity index is 1.46. The second-order valence-corrected chi connectivity index (χ2v) is 8.33. The van der Waals surface area contributed by atoms with Crippen molar-refractivity contribution in [1.82, 2.24) is 20.5 Å². The van der Waals surface area contributed by atoms with Crippen LogP contribution in [0.2, 0.25) is 5.02 Å². The number of nitrogens with two attached hydrogens (primary N) is 1. The zero-order valence-corrected chi connectivity index (χ0v) is 18.1. The molecule has 0 aliphatic carbocycles. The molecule has 0 bridgehead atoms. The highest BCUT2D eigenvalue weighted by atomic mass is 35.5. The summed E-state index contributed by atoms with van der Waals surface area (Å²) in [6.45, 7) is 3.32. The fourth-order valence-electron chi connectivity index (χ4n) is 4.00. The standard InChI is InChI=1S/C22H25ClFN5O3/c23-17-3-1-2-14(8-17)20-11-28(18-12-32-13-18)6-7-29(20)22(31)26-10-16-5-4-15(9-19(16)24)21(30)27-25/h1-5,8-9,18,20H,6-7,10-13,25H2,(H,26,31)(H,27,30). The first-order chi connectivity index (χ1) is 15.5. The summed E-state index contributed by atoms with van der Waals surface area (Å²) in [7, 11) is 0. The molecule has 0 radical (unpaired) electrons. The summed E-state index contributed by atoms with van der Waals surface area (Å²) in [5, 5.41) is 3.41. The number of piperazine rings is 1. The Bertz CT molecular complexity index is 1000. The molecule has 0 saturated carbocycles. The molecular formula is C22H25ClFN5O3. The lowest BCUT2D eigenvalue weighted by Crippen LogP contribution is -2.59. The summed E-state index contributed by atoms with van der Waals surface area (Å²) in [5.41, 5.74) is 3.29. The molecule has 2 saturated heterocycles. The first-order valence-electron chi connectivity index (χ1n) is 10.4. The molecule has 2 aromatic carbocycles.